The minimum absolute atomic E-state index is 0.0395. The van der Waals surface area contributed by atoms with Gasteiger partial charge >= 0.3 is 0 Å². The van der Waals surface area contributed by atoms with Crippen LogP contribution in [-0.2, 0) is 6.54 Å². The monoisotopic (exact) mass is 326 g/mol. The Labute approximate surface area is 139 Å². The quantitative estimate of drug-likeness (QED) is 0.927. The molecule has 1 fully saturated rings. The van der Waals surface area contributed by atoms with Gasteiger partial charge in [0, 0.05) is 19.6 Å². The summed E-state index contributed by atoms with van der Waals surface area (Å²) in [5, 5.41) is 3.19. The standard InChI is InChI=1S/C17H18N4O3/c22-17(21-5-1-2-6-21)13-9-20-16(10-18-13)19-8-12-3-4-14-15(7-12)24-11-23-14/h3-4,7,9-10H,1-2,5-6,8,11H2,(H,19,20). The van der Waals surface area contributed by atoms with Crippen LogP contribution in [0.1, 0.15) is 28.9 Å². The Bertz CT molecular complexity index is 742. The van der Waals surface area contributed by atoms with Gasteiger partial charge < -0.3 is 19.7 Å². The van der Waals surface area contributed by atoms with E-state index in [9.17, 15) is 4.79 Å². The Morgan fingerprint density at radius 3 is 2.75 bits per heavy atom. The molecule has 1 aromatic heterocycles. The van der Waals surface area contributed by atoms with Crippen LogP contribution in [0.25, 0.3) is 0 Å². The number of amides is 1. The Hall–Kier alpha value is -2.83. The summed E-state index contributed by atoms with van der Waals surface area (Å²) in [5.41, 5.74) is 1.45. The first-order chi connectivity index (χ1) is 11.8. The van der Waals surface area contributed by atoms with Gasteiger partial charge in [0.1, 0.15) is 11.5 Å². The van der Waals surface area contributed by atoms with E-state index in [1.807, 2.05) is 23.1 Å². The fourth-order valence-electron chi connectivity index (χ4n) is 2.86. The van der Waals surface area contributed by atoms with Gasteiger partial charge in [-0.3, -0.25) is 4.79 Å². The highest BCUT2D eigenvalue weighted by Crippen LogP contribution is 2.32. The van der Waals surface area contributed by atoms with Gasteiger partial charge in [-0.05, 0) is 30.5 Å². The summed E-state index contributed by atoms with van der Waals surface area (Å²) >= 11 is 0. The molecular weight excluding hydrogens is 308 g/mol. The predicted octanol–water partition coefficient (Wildman–Crippen LogP) is 2.05. The minimum atomic E-state index is -0.0395. The number of fused-ring (bicyclic) bond motifs is 1. The number of aromatic nitrogens is 2. The summed E-state index contributed by atoms with van der Waals surface area (Å²) < 4.78 is 10.7. The average Bonchev–Trinajstić information content (AvgIpc) is 3.31. The molecule has 0 atom stereocenters. The Balaban J connectivity index is 1.37. The average molecular weight is 326 g/mol. The van der Waals surface area contributed by atoms with Crippen LogP contribution in [0, 0.1) is 0 Å². The van der Waals surface area contributed by atoms with Gasteiger partial charge in [0.15, 0.2) is 11.5 Å². The lowest BCUT2D eigenvalue weighted by Crippen LogP contribution is -2.28. The molecule has 7 nitrogen and oxygen atoms in total. The van der Waals surface area contributed by atoms with Crippen LogP contribution in [0.15, 0.2) is 30.6 Å². The Morgan fingerprint density at radius 2 is 1.96 bits per heavy atom. The van der Waals surface area contributed by atoms with Gasteiger partial charge in [-0.25, -0.2) is 9.97 Å². The van der Waals surface area contributed by atoms with Gasteiger partial charge in [0.25, 0.3) is 5.91 Å². The van der Waals surface area contributed by atoms with Crippen molar-refractivity contribution in [3.63, 3.8) is 0 Å². The van der Waals surface area contributed by atoms with Gasteiger partial charge in [0.2, 0.25) is 6.79 Å². The summed E-state index contributed by atoms with van der Waals surface area (Å²) in [5.74, 6) is 2.11. The molecule has 4 rings (SSSR count). The summed E-state index contributed by atoms with van der Waals surface area (Å²) in [4.78, 5) is 22.6. The van der Waals surface area contributed by atoms with E-state index in [4.69, 9.17) is 9.47 Å². The molecule has 0 bridgehead atoms. The Morgan fingerprint density at radius 1 is 1.12 bits per heavy atom. The van der Waals surface area contributed by atoms with Crippen molar-refractivity contribution in [1.29, 1.82) is 0 Å². The molecule has 3 heterocycles. The van der Waals surface area contributed by atoms with Crippen molar-refractivity contribution in [2.45, 2.75) is 19.4 Å². The smallest absolute Gasteiger partial charge is 0.274 e. The molecule has 0 saturated carbocycles. The second-order valence-electron chi connectivity index (χ2n) is 5.83. The zero-order valence-electron chi connectivity index (χ0n) is 13.2. The summed E-state index contributed by atoms with van der Waals surface area (Å²) in [7, 11) is 0. The maximum atomic E-state index is 12.2. The number of nitrogens with one attached hydrogen (secondary N) is 1. The molecule has 1 N–H and O–H groups in total. The fourth-order valence-corrected chi connectivity index (χ4v) is 2.86. The largest absolute Gasteiger partial charge is 0.454 e. The van der Waals surface area contributed by atoms with E-state index in [0.29, 0.717) is 18.1 Å². The normalized spacial score (nSPS) is 15.6. The van der Waals surface area contributed by atoms with Crippen LogP contribution in [0.4, 0.5) is 5.82 Å². The highest BCUT2D eigenvalue weighted by atomic mass is 16.7. The predicted molar refractivity (Wildman–Crippen MR) is 87.1 cm³/mol. The van der Waals surface area contributed by atoms with E-state index < -0.39 is 0 Å². The SMILES string of the molecule is O=C(c1cnc(NCc2ccc3c(c2)OCO3)cn1)N1CCCC1. The number of carbonyl (C=O) groups is 1. The highest BCUT2D eigenvalue weighted by Gasteiger charge is 2.20. The van der Waals surface area contributed by atoms with Gasteiger partial charge in [-0.15, -0.1) is 0 Å². The first-order valence-electron chi connectivity index (χ1n) is 8.03. The lowest BCUT2D eigenvalue weighted by molar-refractivity contribution is 0.0786. The minimum Gasteiger partial charge on any atom is -0.454 e. The third-order valence-corrected chi connectivity index (χ3v) is 4.17. The van der Waals surface area contributed by atoms with Crippen LogP contribution in [0.3, 0.4) is 0 Å². The topological polar surface area (TPSA) is 76.6 Å². The molecule has 2 aliphatic heterocycles. The summed E-state index contributed by atoms with van der Waals surface area (Å²) in [6.45, 7) is 2.48. The van der Waals surface area contributed by atoms with Crippen molar-refractivity contribution in [1.82, 2.24) is 14.9 Å². The van der Waals surface area contributed by atoms with Crippen molar-refractivity contribution < 1.29 is 14.3 Å². The molecule has 1 amide bonds. The number of hydrogen-bond acceptors (Lipinski definition) is 6. The molecule has 0 unspecified atom stereocenters. The molecule has 2 aliphatic rings. The van der Waals surface area contributed by atoms with E-state index in [2.05, 4.69) is 15.3 Å². The van der Waals surface area contributed by atoms with Crippen LogP contribution in [-0.4, -0.2) is 40.7 Å². The number of ether oxygens (including phenoxy) is 2. The summed E-state index contributed by atoms with van der Waals surface area (Å²) in [6, 6.07) is 5.80. The maximum Gasteiger partial charge on any atom is 0.274 e. The molecule has 1 aromatic carbocycles. The van der Waals surface area contributed by atoms with Gasteiger partial charge in [0.05, 0.1) is 12.4 Å². The fraction of sp³-hybridized carbons (Fsp3) is 0.353. The van der Waals surface area contributed by atoms with E-state index in [0.717, 1.165) is 43.0 Å². The zero-order valence-corrected chi connectivity index (χ0v) is 13.2. The maximum absolute atomic E-state index is 12.2. The van der Waals surface area contributed by atoms with Crippen LogP contribution in [0.5, 0.6) is 11.5 Å². The number of rotatable bonds is 4. The molecule has 124 valence electrons. The van der Waals surface area contributed by atoms with Gasteiger partial charge in [-0.1, -0.05) is 6.07 Å². The van der Waals surface area contributed by atoms with Crippen molar-refractivity contribution in [2.24, 2.45) is 0 Å². The number of anilines is 1. The number of likely N-dealkylation sites (tertiary alicyclic amines) is 1. The lowest BCUT2D eigenvalue weighted by atomic mass is 10.2. The molecule has 2 aromatic rings. The molecule has 0 aliphatic carbocycles. The zero-order chi connectivity index (χ0) is 16.4. The van der Waals surface area contributed by atoms with Crippen LogP contribution >= 0.6 is 0 Å². The van der Waals surface area contributed by atoms with Crippen molar-refractivity contribution >= 4 is 11.7 Å². The van der Waals surface area contributed by atoms with Crippen molar-refractivity contribution in [3.8, 4) is 11.5 Å². The number of carbonyl (C=O) groups excluding carboxylic acids is 1. The van der Waals surface area contributed by atoms with Crippen LogP contribution < -0.4 is 14.8 Å². The summed E-state index contributed by atoms with van der Waals surface area (Å²) in [6.07, 6.45) is 5.25. The molecule has 0 radical (unpaired) electrons. The van der Waals surface area contributed by atoms with Crippen LogP contribution in [0.2, 0.25) is 0 Å². The first kappa shape index (κ1) is 14.7. The van der Waals surface area contributed by atoms with E-state index in [1.165, 1.54) is 6.20 Å². The molecule has 0 spiro atoms. The Kier molecular flexibility index (Phi) is 3.90. The lowest BCUT2D eigenvalue weighted by Gasteiger charge is -2.14. The second kappa shape index (κ2) is 6.35. The third-order valence-electron chi connectivity index (χ3n) is 4.17. The van der Waals surface area contributed by atoms with E-state index in [-0.39, 0.29) is 12.7 Å². The third kappa shape index (κ3) is 2.97. The van der Waals surface area contributed by atoms with Crippen molar-refractivity contribution in [2.75, 3.05) is 25.2 Å². The number of benzene rings is 1. The van der Waals surface area contributed by atoms with E-state index in [1.54, 1.807) is 6.20 Å². The number of hydrogen-bond donors (Lipinski definition) is 1. The van der Waals surface area contributed by atoms with Crippen molar-refractivity contribution in [3.05, 3.63) is 41.9 Å². The first-order valence-corrected chi connectivity index (χ1v) is 8.03. The number of nitrogens with zero attached hydrogens (tertiary/aromatic N) is 3. The molecule has 24 heavy (non-hydrogen) atoms. The van der Waals surface area contributed by atoms with Gasteiger partial charge in [-0.2, -0.15) is 0 Å². The highest BCUT2D eigenvalue weighted by molar-refractivity contribution is 5.92. The second-order valence-corrected chi connectivity index (χ2v) is 5.83. The van der Waals surface area contributed by atoms with E-state index >= 15 is 0 Å². The molecular formula is C17H18N4O3. The molecule has 1 saturated heterocycles. The molecule has 7 heteroatoms.